The van der Waals surface area contributed by atoms with Crippen molar-refractivity contribution in [2.75, 3.05) is 26.3 Å². The molecule has 2 N–H and O–H groups in total. The highest BCUT2D eigenvalue weighted by molar-refractivity contribution is 5.79. The first-order chi connectivity index (χ1) is 12.8. The van der Waals surface area contributed by atoms with Gasteiger partial charge in [0.05, 0.1) is 6.54 Å². The minimum absolute atomic E-state index is 0.0997. The summed E-state index contributed by atoms with van der Waals surface area (Å²) in [5, 5.41) is 6.95. The normalized spacial score (nSPS) is 16.9. The predicted octanol–water partition coefficient (Wildman–Crippen LogP) is 3.49. The van der Waals surface area contributed by atoms with E-state index in [1.807, 2.05) is 6.07 Å². The van der Waals surface area contributed by atoms with Crippen LogP contribution in [-0.2, 0) is 16.7 Å². The number of aliphatic imine (C=N–C) groups is 1. The molecule has 1 aliphatic heterocycles. The second-order valence-corrected chi connectivity index (χ2v) is 6.79. The fraction of sp³-hybridized carbons (Fsp3) is 0.409. The minimum atomic E-state index is 0.0997. The molecule has 0 unspecified atom stereocenters. The number of ether oxygens (including phenoxy) is 1. The summed E-state index contributed by atoms with van der Waals surface area (Å²) in [5.41, 5.74) is 2.70. The second kappa shape index (κ2) is 9.39. The predicted molar refractivity (Wildman–Crippen MR) is 107 cm³/mol. The maximum atomic E-state index is 5.63. The fourth-order valence-corrected chi connectivity index (χ4v) is 3.47. The van der Waals surface area contributed by atoms with E-state index in [1.165, 1.54) is 11.1 Å². The molecule has 0 aromatic heterocycles. The van der Waals surface area contributed by atoms with Crippen LogP contribution in [0.25, 0.3) is 0 Å². The highest BCUT2D eigenvalue weighted by Gasteiger charge is 2.34. The van der Waals surface area contributed by atoms with Crippen molar-refractivity contribution >= 4 is 5.96 Å². The molecule has 1 saturated heterocycles. The maximum absolute atomic E-state index is 5.63. The number of rotatable bonds is 6. The van der Waals surface area contributed by atoms with Crippen LogP contribution in [0.5, 0.6) is 0 Å². The zero-order chi connectivity index (χ0) is 18.1. The molecule has 2 aromatic rings. The highest BCUT2D eigenvalue weighted by atomic mass is 16.5. The van der Waals surface area contributed by atoms with Gasteiger partial charge in [-0.25, -0.2) is 4.99 Å². The first-order valence-electron chi connectivity index (χ1n) is 9.52. The van der Waals surface area contributed by atoms with Crippen LogP contribution in [0, 0.1) is 0 Å². The molecule has 0 aliphatic carbocycles. The summed E-state index contributed by atoms with van der Waals surface area (Å²) in [6.45, 7) is 6.12. The van der Waals surface area contributed by atoms with Gasteiger partial charge in [-0.15, -0.1) is 0 Å². The molecule has 4 nitrogen and oxygen atoms in total. The van der Waals surface area contributed by atoms with Crippen LogP contribution in [0.4, 0.5) is 0 Å². The van der Waals surface area contributed by atoms with E-state index in [0.717, 1.165) is 45.1 Å². The average Bonchev–Trinajstić information content (AvgIpc) is 2.72. The fourth-order valence-electron chi connectivity index (χ4n) is 3.47. The van der Waals surface area contributed by atoms with Gasteiger partial charge < -0.3 is 15.4 Å². The van der Waals surface area contributed by atoms with Gasteiger partial charge in [0, 0.05) is 31.7 Å². The van der Waals surface area contributed by atoms with Crippen LogP contribution in [0.2, 0.25) is 0 Å². The standard InChI is InChI=1S/C22H29N3O/c1-2-23-21(24-17-19-9-5-3-6-10-19)25-18-22(13-15-26-16-14-22)20-11-7-4-8-12-20/h3-12H,2,13-18H2,1H3,(H2,23,24,25). The van der Waals surface area contributed by atoms with Crippen LogP contribution in [-0.4, -0.2) is 32.3 Å². The molecule has 1 aliphatic rings. The molecule has 3 rings (SSSR count). The summed E-state index contributed by atoms with van der Waals surface area (Å²) in [5.74, 6) is 0.873. The Balaban J connectivity index is 1.71. The lowest BCUT2D eigenvalue weighted by molar-refractivity contribution is 0.0514. The summed E-state index contributed by atoms with van der Waals surface area (Å²) >= 11 is 0. The lowest BCUT2D eigenvalue weighted by Gasteiger charge is -2.38. The highest BCUT2D eigenvalue weighted by Crippen LogP contribution is 2.34. The van der Waals surface area contributed by atoms with Crippen molar-refractivity contribution in [3.8, 4) is 0 Å². The van der Waals surface area contributed by atoms with Gasteiger partial charge in [-0.1, -0.05) is 60.7 Å². The third kappa shape index (κ3) is 4.85. The molecule has 0 saturated carbocycles. The molecule has 26 heavy (non-hydrogen) atoms. The molecule has 138 valence electrons. The third-order valence-corrected chi connectivity index (χ3v) is 5.04. The Hall–Kier alpha value is -2.33. The Labute approximate surface area is 156 Å². The van der Waals surface area contributed by atoms with E-state index in [-0.39, 0.29) is 5.41 Å². The van der Waals surface area contributed by atoms with Crippen LogP contribution < -0.4 is 10.6 Å². The first-order valence-corrected chi connectivity index (χ1v) is 9.52. The van der Waals surface area contributed by atoms with Gasteiger partial charge in [0.2, 0.25) is 0 Å². The Morgan fingerprint density at radius 1 is 0.962 bits per heavy atom. The van der Waals surface area contributed by atoms with Gasteiger partial charge in [-0.2, -0.15) is 0 Å². The summed E-state index contributed by atoms with van der Waals surface area (Å²) in [7, 11) is 0. The summed E-state index contributed by atoms with van der Waals surface area (Å²) < 4.78 is 5.63. The van der Waals surface area contributed by atoms with E-state index in [2.05, 4.69) is 72.2 Å². The SMILES string of the molecule is CCNC(=NCc1ccccc1)NCC1(c2ccccc2)CCOCC1. The lowest BCUT2D eigenvalue weighted by atomic mass is 9.74. The molecule has 0 spiro atoms. The summed E-state index contributed by atoms with van der Waals surface area (Å²) in [6, 6.07) is 21.2. The van der Waals surface area contributed by atoms with Gasteiger partial charge in [0.1, 0.15) is 0 Å². The van der Waals surface area contributed by atoms with E-state index in [0.29, 0.717) is 6.54 Å². The number of benzene rings is 2. The lowest BCUT2D eigenvalue weighted by Crippen LogP contribution is -2.48. The van der Waals surface area contributed by atoms with Crippen LogP contribution in [0.15, 0.2) is 65.7 Å². The van der Waals surface area contributed by atoms with E-state index < -0.39 is 0 Å². The van der Waals surface area contributed by atoms with Crippen molar-refractivity contribution in [1.29, 1.82) is 0 Å². The van der Waals surface area contributed by atoms with Gasteiger partial charge >= 0.3 is 0 Å². The number of guanidine groups is 1. The summed E-state index contributed by atoms with van der Waals surface area (Å²) in [6.07, 6.45) is 2.06. The van der Waals surface area contributed by atoms with Gasteiger partial charge in [-0.3, -0.25) is 0 Å². The molecule has 0 bridgehead atoms. The van der Waals surface area contributed by atoms with Crippen LogP contribution in [0.1, 0.15) is 30.9 Å². The monoisotopic (exact) mass is 351 g/mol. The van der Waals surface area contributed by atoms with Crippen molar-refractivity contribution in [3.63, 3.8) is 0 Å². The smallest absolute Gasteiger partial charge is 0.191 e. The molecule has 1 fully saturated rings. The first kappa shape index (κ1) is 18.5. The van der Waals surface area contributed by atoms with E-state index in [4.69, 9.17) is 9.73 Å². The average molecular weight is 351 g/mol. The van der Waals surface area contributed by atoms with Crippen molar-refractivity contribution in [2.45, 2.75) is 31.7 Å². The summed E-state index contributed by atoms with van der Waals surface area (Å²) in [4.78, 5) is 4.76. The number of nitrogens with one attached hydrogen (secondary N) is 2. The van der Waals surface area contributed by atoms with Gasteiger partial charge in [-0.05, 0) is 30.9 Å². The Morgan fingerprint density at radius 2 is 1.62 bits per heavy atom. The van der Waals surface area contributed by atoms with Crippen molar-refractivity contribution in [3.05, 3.63) is 71.8 Å². The van der Waals surface area contributed by atoms with Crippen molar-refractivity contribution < 1.29 is 4.74 Å². The Kier molecular flexibility index (Phi) is 6.67. The zero-order valence-electron chi connectivity index (χ0n) is 15.6. The van der Waals surface area contributed by atoms with Gasteiger partial charge in [0.25, 0.3) is 0 Å². The van der Waals surface area contributed by atoms with E-state index in [9.17, 15) is 0 Å². The molecule has 4 heteroatoms. The van der Waals surface area contributed by atoms with Crippen LogP contribution in [0.3, 0.4) is 0 Å². The zero-order valence-corrected chi connectivity index (χ0v) is 15.6. The molecular weight excluding hydrogens is 322 g/mol. The van der Waals surface area contributed by atoms with Gasteiger partial charge in [0.15, 0.2) is 5.96 Å². The Morgan fingerprint density at radius 3 is 2.27 bits per heavy atom. The topological polar surface area (TPSA) is 45.7 Å². The molecule has 0 atom stereocenters. The van der Waals surface area contributed by atoms with Crippen molar-refractivity contribution in [1.82, 2.24) is 10.6 Å². The van der Waals surface area contributed by atoms with E-state index in [1.54, 1.807) is 0 Å². The van der Waals surface area contributed by atoms with Crippen molar-refractivity contribution in [2.24, 2.45) is 4.99 Å². The van der Waals surface area contributed by atoms with E-state index >= 15 is 0 Å². The molecule has 2 aromatic carbocycles. The van der Waals surface area contributed by atoms with Crippen LogP contribution >= 0.6 is 0 Å². The quantitative estimate of drug-likeness (QED) is 0.619. The number of hydrogen-bond acceptors (Lipinski definition) is 2. The molecule has 0 radical (unpaired) electrons. The third-order valence-electron chi connectivity index (χ3n) is 5.04. The molecule has 0 amide bonds. The molecule has 1 heterocycles. The number of nitrogens with zero attached hydrogens (tertiary/aromatic N) is 1. The minimum Gasteiger partial charge on any atom is -0.381 e. The maximum Gasteiger partial charge on any atom is 0.191 e. The molecular formula is C22H29N3O. The number of hydrogen-bond donors (Lipinski definition) is 2. The Bertz CT molecular complexity index is 679. The second-order valence-electron chi connectivity index (χ2n) is 6.79. The largest absolute Gasteiger partial charge is 0.381 e.